The number of hydrogen-bond donors (Lipinski definition) is 3. The molecule has 2 unspecified atom stereocenters. The molecule has 0 aliphatic heterocycles. The van der Waals surface area contributed by atoms with E-state index in [9.17, 15) is 14.7 Å². The van der Waals surface area contributed by atoms with E-state index >= 15 is 0 Å². The van der Waals surface area contributed by atoms with Gasteiger partial charge in [0.15, 0.2) is 0 Å². The van der Waals surface area contributed by atoms with Crippen molar-refractivity contribution in [3.63, 3.8) is 0 Å². The number of rotatable bonds is 5. The Balaban J connectivity index is 2.44. The van der Waals surface area contributed by atoms with Crippen LogP contribution in [0.4, 0.5) is 4.79 Å². The van der Waals surface area contributed by atoms with Crippen LogP contribution in [-0.2, 0) is 4.79 Å². The van der Waals surface area contributed by atoms with Gasteiger partial charge in [-0.3, -0.25) is 4.79 Å². The lowest BCUT2D eigenvalue weighted by molar-refractivity contribution is -0.142. The molecule has 0 spiro atoms. The number of amides is 2. The summed E-state index contributed by atoms with van der Waals surface area (Å²) in [5.74, 6) is -0.384. The molecule has 1 aliphatic carbocycles. The Morgan fingerprint density at radius 2 is 2.00 bits per heavy atom. The second-order valence-corrected chi connectivity index (χ2v) is 5.57. The van der Waals surface area contributed by atoms with Gasteiger partial charge in [-0.15, -0.1) is 0 Å². The van der Waals surface area contributed by atoms with Crippen molar-refractivity contribution in [3.05, 3.63) is 0 Å². The summed E-state index contributed by atoms with van der Waals surface area (Å²) in [7, 11) is 0. The summed E-state index contributed by atoms with van der Waals surface area (Å²) in [6, 6.07) is -0.485. The summed E-state index contributed by atoms with van der Waals surface area (Å²) in [6.07, 6.45) is 6.36. The lowest BCUT2D eigenvalue weighted by Gasteiger charge is -2.22. The van der Waals surface area contributed by atoms with E-state index in [0.717, 1.165) is 31.4 Å². The second kappa shape index (κ2) is 8.24. The fraction of sp³-hybridized carbons (Fsp3) is 0.833. The highest BCUT2D eigenvalue weighted by Gasteiger charge is 2.30. The van der Waals surface area contributed by atoms with Crippen molar-refractivity contribution < 1.29 is 14.7 Å². The van der Waals surface area contributed by atoms with Crippen LogP contribution in [-0.4, -0.2) is 41.7 Å². The minimum Gasteiger partial charge on any atom is -0.481 e. The first-order chi connectivity index (χ1) is 8.65. The van der Waals surface area contributed by atoms with Crippen LogP contribution in [0.1, 0.15) is 32.1 Å². The highest BCUT2D eigenvalue weighted by molar-refractivity contribution is 7.98. The monoisotopic (exact) mass is 274 g/mol. The Hall–Kier alpha value is -0.910. The van der Waals surface area contributed by atoms with Gasteiger partial charge in [0.05, 0.1) is 5.92 Å². The summed E-state index contributed by atoms with van der Waals surface area (Å²) in [4.78, 5) is 22.8. The minimum atomic E-state index is -0.800. The van der Waals surface area contributed by atoms with Gasteiger partial charge in [0, 0.05) is 18.3 Å². The molecule has 0 heterocycles. The zero-order chi connectivity index (χ0) is 13.4. The molecule has 18 heavy (non-hydrogen) atoms. The molecule has 0 aromatic rings. The molecule has 6 heteroatoms. The van der Waals surface area contributed by atoms with E-state index < -0.39 is 11.9 Å². The molecule has 0 aromatic heterocycles. The Morgan fingerprint density at radius 3 is 2.67 bits per heavy atom. The number of hydrogen-bond acceptors (Lipinski definition) is 3. The van der Waals surface area contributed by atoms with Crippen LogP contribution in [0.3, 0.4) is 0 Å². The molecule has 0 aromatic carbocycles. The van der Waals surface area contributed by atoms with Gasteiger partial charge in [0.1, 0.15) is 0 Å². The Morgan fingerprint density at radius 1 is 1.28 bits per heavy atom. The third-order valence-corrected chi connectivity index (χ3v) is 3.85. The largest absolute Gasteiger partial charge is 0.481 e. The van der Waals surface area contributed by atoms with Crippen molar-refractivity contribution in [2.75, 3.05) is 18.6 Å². The van der Waals surface area contributed by atoms with E-state index in [1.54, 1.807) is 11.8 Å². The van der Waals surface area contributed by atoms with Gasteiger partial charge in [-0.2, -0.15) is 11.8 Å². The first-order valence-corrected chi connectivity index (χ1v) is 7.80. The maximum Gasteiger partial charge on any atom is 0.315 e. The number of thioether (sulfide) groups is 1. The summed E-state index contributed by atoms with van der Waals surface area (Å²) in [6.45, 7) is 0.609. The number of aliphatic carboxylic acids is 1. The molecule has 2 amide bonds. The van der Waals surface area contributed by atoms with Crippen molar-refractivity contribution in [1.82, 2.24) is 10.6 Å². The third kappa shape index (κ3) is 5.16. The molecule has 3 N–H and O–H groups in total. The Labute approximate surface area is 112 Å². The van der Waals surface area contributed by atoms with E-state index in [4.69, 9.17) is 0 Å². The quantitative estimate of drug-likeness (QED) is 0.526. The Bertz CT molecular complexity index is 286. The molecule has 0 bridgehead atoms. The molecule has 1 saturated carbocycles. The van der Waals surface area contributed by atoms with Gasteiger partial charge in [-0.25, -0.2) is 4.79 Å². The van der Waals surface area contributed by atoms with E-state index in [0.29, 0.717) is 13.0 Å². The molecule has 1 aliphatic rings. The molecule has 1 rings (SSSR count). The summed E-state index contributed by atoms with van der Waals surface area (Å²) < 4.78 is 0. The average molecular weight is 274 g/mol. The van der Waals surface area contributed by atoms with Crippen molar-refractivity contribution in [3.8, 4) is 0 Å². The van der Waals surface area contributed by atoms with Crippen LogP contribution in [0.2, 0.25) is 0 Å². The number of carboxylic acid groups (broad SMARTS) is 1. The number of carboxylic acids is 1. The molecule has 1 fully saturated rings. The van der Waals surface area contributed by atoms with Crippen molar-refractivity contribution in [2.24, 2.45) is 5.92 Å². The topological polar surface area (TPSA) is 78.4 Å². The minimum absolute atomic E-state index is 0.237. The number of nitrogens with one attached hydrogen (secondary N) is 2. The first kappa shape index (κ1) is 15.1. The van der Waals surface area contributed by atoms with E-state index in [1.807, 2.05) is 6.26 Å². The van der Waals surface area contributed by atoms with Crippen LogP contribution in [0.15, 0.2) is 0 Å². The van der Waals surface area contributed by atoms with Crippen molar-refractivity contribution >= 4 is 23.8 Å². The molecule has 0 saturated heterocycles. The van der Waals surface area contributed by atoms with E-state index in [1.165, 1.54) is 0 Å². The summed E-state index contributed by atoms with van der Waals surface area (Å²) >= 11 is 1.66. The predicted octanol–water partition coefficient (Wildman–Crippen LogP) is 1.68. The standard InChI is InChI=1S/C12H22N2O3S/c1-18-8-7-13-12(17)14-10-6-4-2-3-5-9(10)11(15)16/h9-10H,2-8H2,1H3,(H,15,16)(H2,13,14,17). The van der Waals surface area contributed by atoms with Crippen molar-refractivity contribution in [1.29, 1.82) is 0 Å². The van der Waals surface area contributed by atoms with Crippen LogP contribution in [0.5, 0.6) is 0 Å². The normalized spacial score (nSPS) is 24.1. The van der Waals surface area contributed by atoms with Crippen LogP contribution in [0, 0.1) is 5.92 Å². The molecular formula is C12H22N2O3S. The van der Waals surface area contributed by atoms with Crippen molar-refractivity contribution in [2.45, 2.75) is 38.1 Å². The van der Waals surface area contributed by atoms with Crippen LogP contribution >= 0.6 is 11.8 Å². The zero-order valence-electron chi connectivity index (χ0n) is 10.8. The molecule has 5 nitrogen and oxygen atoms in total. The van der Waals surface area contributed by atoms with E-state index in [2.05, 4.69) is 10.6 Å². The van der Waals surface area contributed by atoms with Gasteiger partial charge in [0.2, 0.25) is 0 Å². The summed E-state index contributed by atoms with van der Waals surface area (Å²) in [5, 5.41) is 14.7. The average Bonchev–Trinajstić information content (AvgIpc) is 2.55. The third-order valence-electron chi connectivity index (χ3n) is 3.24. The Kier molecular flexibility index (Phi) is 6.93. The van der Waals surface area contributed by atoms with Gasteiger partial charge < -0.3 is 15.7 Å². The molecular weight excluding hydrogens is 252 g/mol. The van der Waals surface area contributed by atoms with Crippen LogP contribution < -0.4 is 10.6 Å². The fourth-order valence-electron chi connectivity index (χ4n) is 2.26. The van der Waals surface area contributed by atoms with Gasteiger partial charge in [-0.1, -0.05) is 19.3 Å². The van der Waals surface area contributed by atoms with Gasteiger partial charge in [-0.05, 0) is 19.1 Å². The lowest BCUT2D eigenvalue weighted by Crippen LogP contribution is -2.47. The smallest absolute Gasteiger partial charge is 0.315 e. The van der Waals surface area contributed by atoms with E-state index in [-0.39, 0.29) is 12.1 Å². The van der Waals surface area contributed by atoms with Gasteiger partial charge in [0.25, 0.3) is 0 Å². The first-order valence-electron chi connectivity index (χ1n) is 6.41. The lowest BCUT2D eigenvalue weighted by atomic mass is 9.95. The molecule has 2 atom stereocenters. The maximum atomic E-state index is 11.6. The SMILES string of the molecule is CSCCNC(=O)NC1CCCCCC1C(=O)O. The maximum absolute atomic E-state index is 11.6. The van der Waals surface area contributed by atoms with Crippen LogP contribution in [0.25, 0.3) is 0 Å². The summed E-state index contributed by atoms with van der Waals surface area (Å²) in [5.41, 5.74) is 0. The second-order valence-electron chi connectivity index (χ2n) is 4.58. The number of carbonyl (C=O) groups is 2. The number of urea groups is 1. The zero-order valence-corrected chi connectivity index (χ0v) is 11.6. The predicted molar refractivity (Wildman–Crippen MR) is 72.9 cm³/mol. The van der Waals surface area contributed by atoms with Gasteiger partial charge >= 0.3 is 12.0 Å². The fourth-order valence-corrected chi connectivity index (χ4v) is 2.57. The molecule has 104 valence electrons. The molecule has 0 radical (unpaired) electrons. The highest BCUT2D eigenvalue weighted by Crippen LogP contribution is 2.23. The highest BCUT2D eigenvalue weighted by atomic mass is 32.2. The number of carbonyl (C=O) groups excluding carboxylic acids is 1.